The van der Waals surface area contributed by atoms with Gasteiger partial charge in [-0.2, -0.15) is 0 Å². The lowest BCUT2D eigenvalue weighted by Crippen LogP contribution is -2.27. The van der Waals surface area contributed by atoms with Gasteiger partial charge in [0, 0.05) is 18.8 Å². The zero-order chi connectivity index (χ0) is 13.7. The van der Waals surface area contributed by atoms with E-state index in [4.69, 9.17) is 0 Å². The van der Waals surface area contributed by atoms with Gasteiger partial charge in [-0.05, 0) is 37.2 Å². The van der Waals surface area contributed by atoms with E-state index in [2.05, 4.69) is 5.32 Å². The van der Waals surface area contributed by atoms with Gasteiger partial charge in [0.15, 0.2) is 0 Å². The third-order valence-electron chi connectivity index (χ3n) is 2.79. The predicted molar refractivity (Wildman–Crippen MR) is 67.8 cm³/mol. The molecule has 0 spiro atoms. The Hall–Kier alpha value is -1.23. The maximum atomic E-state index is 13.3. The third kappa shape index (κ3) is 3.91. The molecular weight excluding hydrogens is 241 g/mol. The molecule has 0 amide bonds. The first kappa shape index (κ1) is 14.8. The van der Waals surface area contributed by atoms with E-state index in [1.54, 1.807) is 13.1 Å². The van der Waals surface area contributed by atoms with Crippen LogP contribution >= 0.6 is 0 Å². The molecule has 0 bridgehead atoms. The van der Waals surface area contributed by atoms with Gasteiger partial charge in [0.2, 0.25) is 0 Å². The molecule has 5 heteroatoms. The van der Waals surface area contributed by atoms with Crippen LogP contribution in [0, 0.1) is 5.82 Å². The molecular formula is C13H19F3N2. The monoisotopic (exact) mass is 260 g/mol. The lowest BCUT2D eigenvalue weighted by Gasteiger charge is -2.25. The number of rotatable bonds is 6. The second-order valence-electron chi connectivity index (χ2n) is 4.25. The Morgan fingerprint density at radius 1 is 1.33 bits per heavy atom. The molecule has 0 aliphatic rings. The van der Waals surface area contributed by atoms with Crippen molar-refractivity contribution in [1.82, 2.24) is 5.32 Å². The molecule has 102 valence electrons. The summed E-state index contributed by atoms with van der Waals surface area (Å²) in [6.07, 6.45) is -2.41. The molecule has 0 radical (unpaired) electrons. The van der Waals surface area contributed by atoms with Gasteiger partial charge in [-0.3, -0.25) is 0 Å². The predicted octanol–water partition coefficient (Wildman–Crippen LogP) is 3.20. The Balaban J connectivity index is 3.02. The Morgan fingerprint density at radius 2 is 2.00 bits per heavy atom. The molecule has 0 saturated carbocycles. The fourth-order valence-electron chi connectivity index (χ4n) is 1.94. The lowest BCUT2D eigenvalue weighted by molar-refractivity contribution is 0.156. The van der Waals surface area contributed by atoms with E-state index in [0.29, 0.717) is 11.3 Å². The van der Waals surface area contributed by atoms with Crippen molar-refractivity contribution in [2.24, 2.45) is 0 Å². The normalized spacial score (nSPS) is 12.8. The van der Waals surface area contributed by atoms with Gasteiger partial charge >= 0.3 is 0 Å². The number of nitrogens with one attached hydrogen (secondary N) is 1. The number of nitrogens with zero attached hydrogens (tertiary/aromatic N) is 1. The second kappa shape index (κ2) is 6.64. The van der Waals surface area contributed by atoms with Gasteiger partial charge in [-0.25, -0.2) is 13.2 Å². The molecule has 0 fully saturated rings. The fourth-order valence-corrected chi connectivity index (χ4v) is 1.94. The number of halogens is 3. The molecule has 1 aromatic rings. The van der Waals surface area contributed by atoms with Crippen LogP contribution in [-0.2, 0) is 0 Å². The zero-order valence-corrected chi connectivity index (χ0v) is 10.9. The van der Waals surface area contributed by atoms with Crippen LogP contribution in [0.25, 0.3) is 0 Å². The van der Waals surface area contributed by atoms with Crippen LogP contribution < -0.4 is 10.2 Å². The minimum absolute atomic E-state index is 0.0826. The summed E-state index contributed by atoms with van der Waals surface area (Å²) >= 11 is 0. The molecule has 0 aromatic heterocycles. The molecule has 18 heavy (non-hydrogen) atoms. The van der Waals surface area contributed by atoms with E-state index in [9.17, 15) is 13.2 Å². The first-order valence-electron chi connectivity index (χ1n) is 5.97. The van der Waals surface area contributed by atoms with Gasteiger partial charge in [0.1, 0.15) is 5.82 Å². The molecule has 2 nitrogen and oxygen atoms in total. The van der Waals surface area contributed by atoms with Crippen LogP contribution in [0.5, 0.6) is 0 Å². The molecule has 1 rings (SSSR count). The van der Waals surface area contributed by atoms with Crippen LogP contribution in [0.4, 0.5) is 18.9 Å². The minimum atomic E-state index is -2.41. The van der Waals surface area contributed by atoms with E-state index >= 15 is 0 Å². The number of benzene rings is 1. The fraction of sp³-hybridized carbons (Fsp3) is 0.538. The summed E-state index contributed by atoms with van der Waals surface area (Å²) in [4.78, 5) is 1.45. The topological polar surface area (TPSA) is 15.3 Å². The lowest BCUT2D eigenvalue weighted by atomic mass is 10.0. The Labute approximate surface area is 106 Å². The highest BCUT2D eigenvalue weighted by atomic mass is 19.3. The highest BCUT2D eigenvalue weighted by molar-refractivity contribution is 5.54. The van der Waals surface area contributed by atoms with Crippen molar-refractivity contribution in [3.8, 4) is 0 Å². The minimum Gasteiger partial charge on any atom is -0.369 e. The van der Waals surface area contributed by atoms with Crippen molar-refractivity contribution in [2.45, 2.75) is 26.3 Å². The van der Waals surface area contributed by atoms with E-state index in [0.717, 1.165) is 6.54 Å². The summed E-state index contributed by atoms with van der Waals surface area (Å²) < 4.78 is 38.1. The maximum absolute atomic E-state index is 13.3. The number of anilines is 1. The Bertz CT molecular complexity index is 382. The van der Waals surface area contributed by atoms with Crippen molar-refractivity contribution in [2.75, 3.05) is 25.0 Å². The van der Waals surface area contributed by atoms with Crippen LogP contribution in [-0.4, -0.2) is 26.6 Å². The Kier molecular flexibility index (Phi) is 5.47. The van der Waals surface area contributed by atoms with Gasteiger partial charge in [-0.1, -0.05) is 6.92 Å². The van der Waals surface area contributed by atoms with E-state index in [-0.39, 0.29) is 18.4 Å². The molecule has 1 unspecified atom stereocenters. The average Bonchev–Trinajstić information content (AvgIpc) is 2.28. The quantitative estimate of drug-likeness (QED) is 0.845. The molecule has 0 aliphatic heterocycles. The largest absolute Gasteiger partial charge is 0.369 e. The summed E-state index contributed by atoms with van der Waals surface area (Å²) in [5.41, 5.74) is 1.32. The van der Waals surface area contributed by atoms with Crippen LogP contribution in [0.3, 0.4) is 0 Å². The van der Waals surface area contributed by atoms with Gasteiger partial charge < -0.3 is 10.2 Å². The molecule has 0 aliphatic carbocycles. The van der Waals surface area contributed by atoms with Crippen molar-refractivity contribution < 1.29 is 13.2 Å². The standard InChI is InChI=1S/C13H19F3N2/c1-4-17-9(2)11-7-10(14)5-6-12(11)18(3)8-13(15)16/h5-7,9,13,17H,4,8H2,1-3H3. The van der Waals surface area contributed by atoms with E-state index < -0.39 is 6.43 Å². The van der Waals surface area contributed by atoms with Crippen LogP contribution in [0.15, 0.2) is 18.2 Å². The summed E-state index contributed by atoms with van der Waals surface area (Å²) in [5, 5.41) is 3.16. The first-order chi connectivity index (χ1) is 8.45. The molecule has 0 heterocycles. The van der Waals surface area contributed by atoms with Gasteiger partial charge in [-0.15, -0.1) is 0 Å². The zero-order valence-electron chi connectivity index (χ0n) is 10.9. The molecule has 0 saturated heterocycles. The van der Waals surface area contributed by atoms with Crippen molar-refractivity contribution >= 4 is 5.69 Å². The van der Waals surface area contributed by atoms with Crippen molar-refractivity contribution in [3.05, 3.63) is 29.6 Å². The Morgan fingerprint density at radius 3 is 2.56 bits per heavy atom. The van der Waals surface area contributed by atoms with Crippen LogP contribution in [0.2, 0.25) is 0 Å². The summed E-state index contributed by atoms with van der Waals surface area (Å²) in [5.74, 6) is -0.357. The van der Waals surface area contributed by atoms with Crippen molar-refractivity contribution in [3.63, 3.8) is 0 Å². The maximum Gasteiger partial charge on any atom is 0.255 e. The SMILES string of the molecule is CCNC(C)c1cc(F)ccc1N(C)CC(F)F. The average molecular weight is 260 g/mol. The summed E-state index contributed by atoms with van der Waals surface area (Å²) in [6, 6.07) is 4.14. The number of hydrogen-bond acceptors (Lipinski definition) is 2. The third-order valence-corrected chi connectivity index (χ3v) is 2.79. The highest BCUT2D eigenvalue weighted by Crippen LogP contribution is 2.27. The van der Waals surface area contributed by atoms with Crippen molar-refractivity contribution in [1.29, 1.82) is 0 Å². The molecule has 1 atom stereocenters. The van der Waals surface area contributed by atoms with E-state index in [1.165, 1.54) is 17.0 Å². The number of alkyl halides is 2. The first-order valence-corrected chi connectivity index (χ1v) is 5.97. The second-order valence-corrected chi connectivity index (χ2v) is 4.25. The summed E-state index contributed by atoms with van der Waals surface area (Å²) in [6.45, 7) is 4.20. The van der Waals surface area contributed by atoms with Gasteiger partial charge in [0.05, 0.1) is 6.54 Å². The summed E-state index contributed by atoms with van der Waals surface area (Å²) in [7, 11) is 1.58. The number of hydrogen-bond donors (Lipinski definition) is 1. The van der Waals surface area contributed by atoms with E-state index in [1.807, 2.05) is 13.8 Å². The smallest absolute Gasteiger partial charge is 0.255 e. The molecule has 1 N–H and O–H groups in total. The highest BCUT2D eigenvalue weighted by Gasteiger charge is 2.16. The van der Waals surface area contributed by atoms with Gasteiger partial charge in [0.25, 0.3) is 6.43 Å². The molecule has 1 aromatic carbocycles. The van der Waals surface area contributed by atoms with Crippen LogP contribution in [0.1, 0.15) is 25.5 Å².